The van der Waals surface area contributed by atoms with E-state index in [1.165, 1.54) is 0 Å². The lowest BCUT2D eigenvalue weighted by Crippen LogP contribution is -2.40. The zero-order valence-corrected chi connectivity index (χ0v) is 20.5. The molecule has 1 fully saturated rings. The Labute approximate surface area is 206 Å². The van der Waals surface area contributed by atoms with Crippen molar-refractivity contribution < 1.29 is 9.59 Å². The van der Waals surface area contributed by atoms with Crippen LogP contribution in [0.4, 0.5) is 5.69 Å². The van der Waals surface area contributed by atoms with Crippen molar-refractivity contribution in [3.8, 4) is 11.1 Å². The normalized spacial score (nSPS) is 16.2. The van der Waals surface area contributed by atoms with Crippen molar-refractivity contribution in [3.05, 3.63) is 65.3 Å². The van der Waals surface area contributed by atoms with Gasteiger partial charge in [-0.25, -0.2) is 0 Å². The van der Waals surface area contributed by atoms with Crippen LogP contribution in [0.15, 0.2) is 65.3 Å². The first kappa shape index (κ1) is 24.2. The third-order valence-electron chi connectivity index (χ3n) is 6.64. The molecule has 2 amide bonds. The van der Waals surface area contributed by atoms with E-state index in [4.69, 9.17) is 16.6 Å². The van der Waals surface area contributed by atoms with Crippen LogP contribution in [0.1, 0.15) is 51.9 Å². The molecule has 0 aliphatic carbocycles. The molecule has 2 aliphatic rings. The molecule has 2 aliphatic heterocycles. The van der Waals surface area contributed by atoms with Crippen LogP contribution in [-0.2, 0) is 9.59 Å². The maximum Gasteiger partial charge on any atom is 0.273 e. The molecule has 178 valence electrons. The third kappa shape index (κ3) is 5.95. The number of piperidine rings is 1. The number of carbonyl (C=O) groups is 2. The van der Waals surface area contributed by atoms with Gasteiger partial charge in [0.05, 0.1) is 0 Å². The van der Waals surface area contributed by atoms with E-state index in [2.05, 4.69) is 12.2 Å². The van der Waals surface area contributed by atoms with Crippen LogP contribution < -0.4 is 5.32 Å². The minimum Gasteiger partial charge on any atom is -0.343 e. The van der Waals surface area contributed by atoms with Crippen molar-refractivity contribution >= 4 is 34.8 Å². The molecule has 34 heavy (non-hydrogen) atoms. The van der Waals surface area contributed by atoms with Crippen LogP contribution in [0.2, 0.25) is 5.02 Å². The minimum absolute atomic E-state index is 0.194. The molecule has 0 saturated carbocycles. The number of nitrogens with one attached hydrogen (secondary N) is 1. The molecule has 4 rings (SSSR count). The molecule has 0 spiro atoms. The topological polar surface area (TPSA) is 61.8 Å². The van der Waals surface area contributed by atoms with Gasteiger partial charge in [0.15, 0.2) is 0 Å². The standard InChI is InChI=1S/C28H32ClN3O2/c1-2-3-4-9-27(33)32-18-16-21(17-19-32)24-14-15-26(30-24)28(34)31-25-8-6-5-7-23(25)20-10-12-22(29)13-11-20/h5-8,10-13,15,21H,2-4,9,14,16-19H2,1H3,(H,31,34). The summed E-state index contributed by atoms with van der Waals surface area (Å²) >= 11 is 6.02. The average molecular weight is 478 g/mol. The molecule has 0 radical (unpaired) electrons. The van der Waals surface area contributed by atoms with E-state index in [0.29, 0.717) is 29.5 Å². The highest BCUT2D eigenvalue weighted by atomic mass is 35.5. The summed E-state index contributed by atoms with van der Waals surface area (Å²) in [4.78, 5) is 32.1. The Morgan fingerprint density at radius 2 is 1.79 bits per heavy atom. The Balaban J connectivity index is 1.34. The Morgan fingerprint density at radius 1 is 1.06 bits per heavy atom. The van der Waals surface area contributed by atoms with E-state index in [0.717, 1.165) is 67.7 Å². The first-order valence-electron chi connectivity index (χ1n) is 12.3. The number of rotatable bonds is 8. The van der Waals surface area contributed by atoms with Crippen molar-refractivity contribution in [1.82, 2.24) is 4.90 Å². The predicted octanol–water partition coefficient (Wildman–Crippen LogP) is 6.49. The van der Waals surface area contributed by atoms with E-state index in [9.17, 15) is 9.59 Å². The van der Waals surface area contributed by atoms with Gasteiger partial charge in [0.2, 0.25) is 5.91 Å². The molecule has 1 saturated heterocycles. The summed E-state index contributed by atoms with van der Waals surface area (Å²) in [6.07, 6.45) is 8.33. The van der Waals surface area contributed by atoms with Gasteiger partial charge in [-0.3, -0.25) is 14.6 Å². The predicted molar refractivity (Wildman–Crippen MR) is 139 cm³/mol. The second kappa shape index (κ2) is 11.5. The van der Waals surface area contributed by atoms with Gasteiger partial charge >= 0.3 is 0 Å². The molecule has 0 aromatic heterocycles. The number of hydrogen-bond acceptors (Lipinski definition) is 3. The van der Waals surface area contributed by atoms with E-state index in [1.54, 1.807) is 0 Å². The number of unbranched alkanes of at least 4 members (excludes halogenated alkanes) is 2. The van der Waals surface area contributed by atoms with Crippen LogP contribution in [0, 0.1) is 5.92 Å². The number of para-hydroxylation sites is 1. The van der Waals surface area contributed by atoms with Gasteiger partial charge in [-0.15, -0.1) is 0 Å². The minimum atomic E-state index is -0.194. The van der Waals surface area contributed by atoms with E-state index in [1.807, 2.05) is 59.5 Å². The number of anilines is 1. The van der Waals surface area contributed by atoms with Gasteiger partial charge in [0.25, 0.3) is 5.91 Å². The summed E-state index contributed by atoms with van der Waals surface area (Å²) in [5, 5.41) is 3.71. The Morgan fingerprint density at radius 3 is 2.53 bits per heavy atom. The second-order valence-corrected chi connectivity index (χ2v) is 9.45. The molecule has 0 bridgehead atoms. The van der Waals surface area contributed by atoms with Gasteiger partial charge in [-0.1, -0.05) is 61.7 Å². The number of allylic oxidation sites excluding steroid dienone is 1. The van der Waals surface area contributed by atoms with Crippen molar-refractivity contribution in [2.24, 2.45) is 10.9 Å². The highest BCUT2D eigenvalue weighted by Crippen LogP contribution is 2.30. The smallest absolute Gasteiger partial charge is 0.273 e. The quantitative estimate of drug-likeness (QED) is 0.441. The highest BCUT2D eigenvalue weighted by molar-refractivity contribution is 6.30. The molecule has 0 unspecified atom stereocenters. The fraction of sp³-hybridized carbons (Fsp3) is 0.393. The van der Waals surface area contributed by atoms with Crippen molar-refractivity contribution in [1.29, 1.82) is 0 Å². The Hall–Kier alpha value is -2.92. The van der Waals surface area contributed by atoms with Crippen LogP contribution >= 0.6 is 11.6 Å². The highest BCUT2D eigenvalue weighted by Gasteiger charge is 2.28. The van der Waals surface area contributed by atoms with Gasteiger partial charge in [-0.2, -0.15) is 0 Å². The number of carbonyl (C=O) groups excluding carboxylic acids is 2. The number of hydrogen-bond donors (Lipinski definition) is 1. The first-order valence-corrected chi connectivity index (χ1v) is 12.6. The van der Waals surface area contributed by atoms with Gasteiger partial charge < -0.3 is 10.2 Å². The van der Waals surface area contributed by atoms with Crippen LogP contribution in [0.25, 0.3) is 11.1 Å². The fourth-order valence-electron chi connectivity index (χ4n) is 4.65. The van der Waals surface area contributed by atoms with Gasteiger partial charge in [0, 0.05) is 53.8 Å². The number of likely N-dealkylation sites (tertiary alicyclic amines) is 1. The van der Waals surface area contributed by atoms with E-state index >= 15 is 0 Å². The maximum absolute atomic E-state index is 13.0. The largest absolute Gasteiger partial charge is 0.343 e. The van der Waals surface area contributed by atoms with E-state index in [-0.39, 0.29) is 11.8 Å². The molecule has 6 heteroatoms. The number of halogens is 1. The number of amides is 2. The number of benzene rings is 2. The number of aliphatic imine (C=N–C) groups is 1. The monoisotopic (exact) mass is 477 g/mol. The molecule has 5 nitrogen and oxygen atoms in total. The summed E-state index contributed by atoms with van der Waals surface area (Å²) < 4.78 is 0. The molecule has 2 aromatic carbocycles. The summed E-state index contributed by atoms with van der Waals surface area (Å²) in [5.41, 5.74) is 4.20. The zero-order valence-electron chi connectivity index (χ0n) is 19.7. The summed E-state index contributed by atoms with van der Waals surface area (Å²) in [6, 6.07) is 15.3. The van der Waals surface area contributed by atoms with Gasteiger partial charge in [-0.05, 0) is 49.1 Å². The third-order valence-corrected chi connectivity index (χ3v) is 6.90. The Kier molecular flexibility index (Phi) is 8.17. The molecular weight excluding hydrogens is 446 g/mol. The lowest BCUT2D eigenvalue weighted by molar-refractivity contribution is -0.132. The summed E-state index contributed by atoms with van der Waals surface area (Å²) in [6.45, 7) is 3.72. The molecular formula is C28H32ClN3O2. The van der Waals surface area contributed by atoms with Crippen molar-refractivity contribution in [2.45, 2.75) is 51.9 Å². The van der Waals surface area contributed by atoms with Crippen molar-refractivity contribution in [2.75, 3.05) is 18.4 Å². The fourth-order valence-corrected chi connectivity index (χ4v) is 4.78. The number of nitrogens with zero attached hydrogens (tertiary/aromatic N) is 2. The second-order valence-electron chi connectivity index (χ2n) is 9.02. The lowest BCUT2D eigenvalue weighted by Gasteiger charge is -2.32. The summed E-state index contributed by atoms with van der Waals surface area (Å²) in [7, 11) is 0. The maximum atomic E-state index is 13.0. The molecule has 2 heterocycles. The Bertz CT molecular complexity index is 1080. The average Bonchev–Trinajstić information content (AvgIpc) is 3.36. The van der Waals surface area contributed by atoms with Crippen molar-refractivity contribution in [3.63, 3.8) is 0 Å². The SMILES string of the molecule is CCCCCC(=O)N1CCC(C2=NC(C(=O)Nc3ccccc3-c3ccc(Cl)cc3)=CC2)CC1. The van der Waals surface area contributed by atoms with E-state index < -0.39 is 0 Å². The van der Waals surface area contributed by atoms with Crippen LogP contribution in [-0.4, -0.2) is 35.5 Å². The zero-order chi connectivity index (χ0) is 23.9. The molecule has 1 N–H and O–H groups in total. The summed E-state index contributed by atoms with van der Waals surface area (Å²) in [5.74, 6) is 0.417. The van der Waals surface area contributed by atoms with Crippen LogP contribution in [0.3, 0.4) is 0 Å². The molecule has 2 aromatic rings. The van der Waals surface area contributed by atoms with Crippen LogP contribution in [0.5, 0.6) is 0 Å². The van der Waals surface area contributed by atoms with Gasteiger partial charge in [0.1, 0.15) is 5.70 Å². The lowest BCUT2D eigenvalue weighted by atomic mass is 9.90. The molecule has 0 atom stereocenters. The first-order chi connectivity index (χ1) is 16.5.